The van der Waals surface area contributed by atoms with Gasteiger partial charge in [0.1, 0.15) is 12.8 Å². The highest BCUT2D eigenvalue weighted by atomic mass is 16.4. The molecular formula is C9H11N2O2+. The number of aromatic nitrogens is 1. The number of carboxylic acids is 1. The van der Waals surface area contributed by atoms with E-state index in [9.17, 15) is 4.79 Å². The fourth-order valence-electron chi connectivity index (χ4n) is 1.01. The minimum Gasteiger partial charge on any atom is -0.477 e. The van der Waals surface area contributed by atoms with Gasteiger partial charge in [0.05, 0.1) is 0 Å². The Labute approximate surface area is 76.2 Å². The molecule has 13 heavy (non-hydrogen) atoms. The first-order valence-corrected chi connectivity index (χ1v) is 3.81. The van der Waals surface area contributed by atoms with Crippen LogP contribution in [0, 0.1) is 0 Å². The lowest BCUT2D eigenvalue weighted by Gasteiger charge is -1.97. The lowest BCUT2D eigenvalue weighted by atomic mass is 10.1. The van der Waals surface area contributed by atoms with Gasteiger partial charge in [-0.1, -0.05) is 0 Å². The summed E-state index contributed by atoms with van der Waals surface area (Å²) in [5, 5.41) is 8.76. The third-order valence-electron chi connectivity index (χ3n) is 1.68. The molecule has 1 rings (SSSR count). The normalized spacial score (nSPS) is 11.4. The molecule has 0 fully saturated rings. The minimum absolute atomic E-state index is 0.0839. The molecule has 0 aliphatic heterocycles. The number of aryl methyl sites for hydroxylation is 1. The zero-order valence-electron chi connectivity index (χ0n) is 7.56. The first-order valence-electron chi connectivity index (χ1n) is 3.81. The molecule has 68 valence electrons. The number of carboxylic acid groups (broad SMARTS) is 1. The summed E-state index contributed by atoms with van der Waals surface area (Å²) in [6.45, 7) is 0. The number of carbonyl (C=O) groups is 1. The summed E-state index contributed by atoms with van der Waals surface area (Å²) < 4.78 is 1.83. The second kappa shape index (κ2) is 3.80. The number of hydrogen-bond donors (Lipinski definition) is 1. The number of pyridine rings is 1. The Hall–Kier alpha value is -1.71. The van der Waals surface area contributed by atoms with Crippen molar-refractivity contribution in [2.75, 3.05) is 7.05 Å². The van der Waals surface area contributed by atoms with Crippen molar-refractivity contribution in [2.45, 2.75) is 0 Å². The van der Waals surface area contributed by atoms with E-state index >= 15 is 0 Å². The van der Waals surface area contributed by atoms with Gasteiger partial charge in [0, 0.05) is 24.7 Å². The molecule has 0 aliphatic carbocycles. The molecule has 0 saturated carbocycles. The maximum Gasteiger partial charge on any atom is 0.354 e. The highest BCUT2D eigenvalue weighted by molar-refractivity contribution is 6.42. The summed E-state index contributed by atoms with van der Waals surface area (Å²) in [6.07, 6.45) is 3.56. The van der Waals surface area contributed by atoms with Crippen molar-refractivity contribution in [1.29, 1.82) is 0 Å². The highest BCUT2D eigenvalue weighted by Crippen LogP contribution is 1.98. The first-order chi connectivity index (χ1) is 6.15. The van der Waals surface area contributed by atoms with E-state index in [1.165, 1.54) is 7.05 Å². The standard InChI is InChI=1S/C9H10N2O2/c1-10-8(9(12)13)7-3-5-11(2)6-4-7/h3-6H,1-2H3/p+1. The number of rotatable bonds is 2. The second-order valence-corrected chi connectivity index (χ2v) is 2.63. The van der Waals surface area contributed by atoms with Gasteiger partial charge in [-0.3, -0.25) is 4.99 Å². The molecular weight excluding hydrogens is 168 g/mol. The van der Waals surface area contributed by atoms with Crippen molar-refractivity contribution in [3.05, 3.63) is 30.1 Å². The molecule has 4 heteroatoms. The maximum absolute atomic E-state index is 10.7. The molecule has 0 aromatic carbocycles. The van der Waals surface area contributed by atoms with E-state index in [0.29, 0.717) is 5.56 Å². The summed E-state index contributed by atoms with van der Waals surface area (Å²) in [5.41, 5.74) is 0.703. The minimum atomic E-state index is -1.00. The summed E-state index contributed by atoms with van der Waals surface area (Å²) in [6, 6.07) is 3.44. The van der Waals surface area contributed by atoms with Gasteiger partial charge in [0.25, 0.3) is 0 Å². The van der Waals surface area contributed by atoms with Crippen molar-refractivity contribution in [3.63, 3.8) is 0 Å². The Morgan fingerprint density at radius 3 is 2.38 bits per heavy atom. The molecule has 0 bridgehead atoms. The van der Waals surface area contributed by atoms with Crippen LogP contribution >= 0.6 is 0 Å². The topological polar surface area (TPSA) is 53.5 Å². The quantitative estimate of drug-likeness (QED) is 0.513. The van der Waals surface area contributed by atoms with E-state index in [2.05, 4.69) is 4.99 Å². The number of nitrogens with zero attached hydrogens (tertiary/aromatic N) is 2. The third-order valence-corrected chi connectivity index (χ3v) is 1.68. The van der Waals surface area contributed by atoms with Crippen molar-refractivity contribution >= 4 is 11.7 Å². The van der Waals surface area contributed by atoms with Crippen LogP contribution < -0.4 is 4.57 Å². The fourth-order valence-corrected chi connectivity index (χ4v) is 1.01. The lowest BCUT2D eigenvalue weighted by molar-refractivity contribution is -0.671. The molecule has 0 amide bonds. The van der Waals surface area contributed by atoms with E-state index in [1.54, 1.807) is 24.5 Å². The largest absolute Gasteiger partial charge is 0.477 e. The van der Waals surface area contributed by atoms with Gasteiger partial charge >= 0.3 is 5.97 Å². The van der Waals surface area contributed by atoms with Gasteiger partial charge in [-0.25, -0.2) is 9.36 Å². The van der Waals surface area contributed by atoms with Crippen molar-refractivity contribution in [2.24, 2.45) is 12.0 Å². The molecule has 1 aromatic rings. The highest BCUT2D eigenvalue weighted by Gasteiger charge is 2.11. The van der Waals surface area contributed by atoms with E-state index < -0.39 is 5.97 Å². The SMILES string of the molecule is CN=C(C(=O)O)c1cc[n+](C)cc1. The van der Waals surface area contributed by atoms with E-state index in [0.717, 1.165) is 0 Å². The summed E-state index contributed by atoms with van der Waals surface area (Å²) in [7, 11) is 3.34. The lowest BCUT2D eigenvalue weighted by Crippen LogP contribution is -2.27. The Balaban J connectivity index is 3.07. The Bertz CT molecular complexity index is 341. The number of aliphatic imine (C=N–C) groups is 1. The molecule has 0 spiro atoms. The average molecular weight is 179 g/mol. The molecule has 4 nitrogen and oxygen atoms in total. The van der Waals surface area contributed by atoms with Gasteiger partial charge in [0.2, 0.25) is 0 Å². The Morgan fingerprint density at radius 1 is 1.46 bits per heavy atom. The third kappa shape index (κ3) is 2.11. The molecule has 1 aromatic heterocycles. The molecule has 1 N–H and O–H groups in total. The van der Waals surface area contributed by atoms with Gasteiger partial charge in [-0.15, -0.1) is 0 Å². The van der Waals surface area contributed by atoms with Gasteiger partial charge < -0.3 is 5.11 Å². The van der Waals surface area contributed by atoms with Crippen molar-refractivity contribution in [1.82, 2.24) is 0 Å². The van der Waals surface area contributed by atoms with Crippen LogP contribution in [-0.2, 0) is 11.8 Å². The van der Waals surface area contributed by atoms with Crippen LogP contribution in [0.15, 0.2) is 29.5 Å². The van der Waals surface area contributed by atoms with E-state index in [4.69, 9.17) is 5.11 Å². The van der Waals surface area contributed by atoms with Crippen LogP contribution in [0.2, 0.25) is 0 Å². The van der Waals surface area contributed by atoms with E-state index in [1.807, 2.05) is 11.6 Å². The summed E-state index contributed by atoms with van der Waals surface area (Å²) in [5.74, 6) is -1.00. The summed E-state index contributed by atoms with van der Waals surface area (Å²) in [4.78, 5) is 14.4. The van der Waals surface area contributed by atoms with Crippen LogP contribution in [-0.4, -0.2) is 23.8 Å². The Morgan fingerprint density at radius 2 is 2.00 bits per heavy atom. The molecule has 0 atom stereocenters. The van der Waals surface area contributed by atoms with Crippen molar-refractivity contribution < 1.29 is 14.5 Å². The molecule has 0 aliphatic rings. The van der Waals surface area contributed by atoms with Crippen LogP contribution in [0.1, 0.15) is 5.56 Å². The van der Waals surface area contributed by atoms with E-state index in [-0.39, 0.29) is 5.71 Å². The van der Waals surface area contributed by atoms with Gasteiger partial charge in [-0.2, -0.15) is 0 Å². The second-order valence-electron chi connectivity index (χ2n) is 2.63. The van der Waals surface area contributed by atoms with Gasteiger partial charge in [0.15, 0.2) is 12.4 Å². The Kier molecular flexibility index (Phi) is 2.74. The zero-order chi connectivity index (χ0) is 9.84. The molecule has 0 radical (unpaired) electrons. The molecule has 1 heterocycles. The van der Waals surface area contributed by atoms with Crippen LogP contribution in [0.3, 0.4) is 0 Å². The smallest absolute Gasteiger partial charge is 0.354 e. The van der Waals surface area contributed by atoms with Crippen LogP contribution in [0.5, 0.6) is 0 Å². The average Bonchev–Trinajstić information content (AvgIpc) is 2.09. The monoisotopic (exact) mass is 179 g/mol. The maximum atomic E-state index is 10.7. The first kappa shape index (κ1) is 9.38. The molecule has 0 saturated heterocycles. The number of aliphatic carboxylic acids is 1. The number of hydrogen-bond acceptors (Lipinski definition) is 2. The van der Waals surface area contributed by atoms with Crippen LogP contribution in [0.4, 0.5) is 0 Å². The fraction of sp³-hybridized carbons (Fsp3) is 0.222. The van der Waals surface area contributed by atoms with Crippen molar-refractivity contribution in [3.8, 4) is 0 Å². The zero-order valence-corrected chi connectivity index (χ0v) is 7.56. The predicted octanol–water partition coefficient (Wildman–Crippen LogP) is 0.0146. The van der Waals surface area contributed by atoms with Gasteiger partial charge in [-0.05, 0) is 0 Å². The predicted molar refractivity (Wildman–Crippen MR) is 47.7 cm³/mol. The summed E-state index contributed by atoms with van der Waals surface area (Å²) >= 11 is 0. The van der Waals surface area contributed by atoms with Crippen LogP contribution in [0.25, 0.3) is 0 Å². The molecule has 0 unspecified atom stereocenters.